The normalized spacial score (nSPS) is 15.4. The highest BCUT2D eigenvalue weighted by Crippen LogP contribution is 2.20. The number of rotatable bonds is 8. The first-order valence-electron chi connectivity index (χ1n) is 7.54. The summed E-state index contributed by atoms with van der Waals surface area (Å²) in [7, 11) is 0. The van der Waals surface area contributed by atoms with Gasteiger partial charge in [0.25, 0.3) is 0 Å². The standard InChI is InChI=1S/C17H27NO2/c1-4-5-6-8-11-14(2)20-16(19)17(3,18)15-12-9-7-10-13-15/h7,9-10,12-14H,4-6,8,11,18H2,1-3H3. The van der Waals surface area contributed by atoms with Crippen molar-refractivity contribution in [2.24, 2.45) is 5.73 Å². The van der Waals surface area contributed by atoms with Crippen molar-refractivity contribution in [3.8, 4) is 0 Å². The third-order valence-electron chi connectivity index (χ3n) is 3.57. The molecule has 0 fully saturated rings. The first-order valence-corrected chi connectivity index (χ1v) is 7.54. The second-order valence-electron chi connectivity index (χ2n) is 5.63. The number of hydrogen-bond acceptors (Lipinski definition) is 3. The molecule has 0 aliphatic heterocycles. The van der Waals surface area contributed by atoms with Gasteiger partial charge in [0.1, 0.15) is 5.54 Å². The molecule has 1 aromatic rings. The summed E-state index contributed by atoms with van der Waals surface area (Å²) in [5, 5.41) is 0. The zero-order valence-electron chi connectivity index (χ0n) is 12.9. The Morgan fingerprint density at radius 2 is 1.90 bits per heavy atom. The third kappa shape index (κ3) is 4.97. The fourth-order valence-electron chi connectivity index (χ4n) is 2.12. The van der Waals surface area contributed by atoms with Gasteiger partial charge in [-0.25, -0.2) is 4.79 Å². The SMILES string of the molecule is CCCCCCC(C)OC(=O)C(C)(N)c1ccccc1. The number of hydrogen-bond donors (Lipinski definition) is 1. The van der Waals surface area contributed by atoms with Gasteiger partial charge in [0.2, 0.25) is 0 Å². The van der Waals surface area contributed by atoms with Crippen LogP contribution >= 0.6 is 0 Å². The highest BCUT2D eigenvalue weighted by Gasteiger charge is 2.33. The number of nitrogens with two attached hydrogens (primary N) is 1. The van der Waals surface area contributed by atoms with Crippen LogP contribution in [0, 0.1) is 0 Å². The quantitative estimate of drug-likeness (QED) is 0.581. The highest BCUT2D eigenvalue weighted by atomic mass is 16.5. The second kappa shape index (κ2) is 8.05. The van der Waals surface area contributed by atoms with Gasteiger partial charge in [-0.3, -0.25) is 0 Å². The fourth-order valence-corrected chi connectivity index (χ4v) is 2.12. The van der Waals surface area contributed by atoms with Crippen molar-refractivity contribution in [3.05, 3.63) is 35.9 Å². The lowest BCUT2D eigenvalue weighted by atomic mass is 9.93. The Morgan fingerprint density at radius 3 is 2.50 bits per heavy atom. The lowest BCUT2D eigenvalue weighted by molar-refractivity contribution is -0.155. The average Bonchev–Trinajstić information content (AvgIpc) is 2.44. The van der Waals surface area contributed by atoms with E-state index in [2.05, 4.69) is 6.92 Å². The Balaban J connectivity index is 2.49. The molecule has 20 heavy (non-hydrogen) atoms. The van der Waals surface area contributed by atoms with Gasteiger partial charge in [-0.15, -0.1) is 0 Å². The van der Waals surface area contributed by atoms with Crippen LogP contribution in [0.4, 0.5) is 0 Å². The van der Waals surface area contributed by atoms with E-state index in [-0.39, 0.29) is 12.1 Å². The maximum Gasteiger partial charge on any atom is 0.330 e. The van der Waals surface area contributed by atoms with Crippen LogP contribution in [-0.4, -0.2) is 12.1 Å². The van der Waals surface area contributed by atoms with Gasteiger partial charge >= 0.3 is 5.97 Å². The smallest absolute Gasteiger partial charge is 0.330 e. The zero-order chi connectivity index (χ0) is 15.0. The van der Waals surface area contributed by atoms with E-state index in [1.807, 2.05) is 37.3 Å². The van der Waals surface area contributed by atoms with E-state index < -0.39 is 5.54 Å². The van der Waals surface area contributed by atoms with Crippen LogP contribution in [0.5, 0.6) is 0 Å². The molecule has 2 unspecified atom stereocenters. The number of benzene rings is 1. The van der Waals surface area contributed by atoms with Crippen molar-refractivity contribution < 1.29 is 9.53 Å². The van der Waals surface area contributed by atoms with Crippen LogP contribution in [0.25, 0.3) is 0 Å². The molecule has 1 aromatic carbocycles. The lowest BCUT2D eigenvalue weighted by Gasteiger charge is -2.25. The van der Waals surface area contributed by atoms with E-state index in [0.717, 1.165) is 18.4 Å². The third-order valence-corrected chi connectivity index (χ3v) is 3.57. The van der Waals surface area contributed by atoms with Gasteiger partial charge in [-0.2, -0.15) is 0 Å². The number of carbonyl (C=O) groups excluding carboxylic acids is 1. The van der Waals surface area contributed by atoms with E-state index in [1.165, 1.54) is 19.3 Å². The topological polar surface area (TPSA) is 52.3 Å². The summed E-state index contributed by atoms with van der Waals surface area (Å²) in [4.78, 5) is 12.2. The summed E-state index contributed by atoms with van der Waals surface area (Å²) >= 11 is 0. The van der Waals surface area contributed by atoms with E-state index in [0.29, 0.717) is 0 Å². The van der Waals surface area contributed by atoms with E-state index in [4.69, 9.17) is 10.5 Å². The summed E-state index contributed by atoms with van der Waals surface area (Å²) in [5.74, 6) is -0.355. The highest BCUT2D eigenvalue weighted by molar-refractivity contribution is 5.81. The van der Waals surface area contributed by atoms with Crippen molar-refractivity contribution in [3.63, 3.8) is 0 Å². The van der Waals surface area contributed by atoms with Gasteiger partial charge < -0.3 is 10.5 Å². The minimum atomic E-state index is -1.08. The Bertz CT molecular complexity index is 401. The van der Waals surface area contributed by atoms with E-state index in [1.54, 1.807) is 6.92 Å². The zero-order valence-corrected chi connectivity index (χ0v) is 12.9. The predicted molar refractivity (Wildman–Crippen MR) is 82.3 cm³/mol. The molecule has 0 radical (unpaired) electrons. The number of unbranched alkanes of at least 4 members (excludes halogenated alkanes) is 3. The molecule has 0 aliphatic rings. The monoisotopic (exact) mass is 277 g/mol. The first kappa shape index (κ1) is 16.7. The van der Waals surface area contributed by atoms with Crippen LogP contribution < -0.4 is 5.73 Å². The maximum atomic E-state index is 12.2. The Kier molecular flexibility index (Phi) is 6.73. The average molecular weight is 277 g/mol. The van der Waals surface area contributed by atoms with Crippen LogP contribution in [-0.2, 0) is 15.1 Å². The summed E-state index contributed by atoms with van der Waals surface area (Å²) in [6.45, 7) is 5.82. The maximum absolute atomic E-state index is 12.2. The van der Waals surface area contributed by atoms with Gasteiger partial charge in [0.05, 0.1) is 6.10 Å². The molecular weight excluding hydrogens is 250 g/mol. The molecule has 0 bridgehead atoms. The van der Waals surface area contributed by atoms with Crippen LogP contribution in [0.1, 0.15) is 58.4 Å². The molecule has 1 rings (SSSR count). The molecule has 0 heterocycles. The van der Waals surface area contributed by atoms with Gasteiger partial charge in [0, 0.05) is 0 Å². The van der Waals surface area contributed by atoms with Gasteiger partial charge in [-0.1, -0.05) is 56.5 Å². The van der Waals surface area contributed by atoms with E-state index in [9.17, 15) is 4.79 Å². The minimum Gasteiger partial charge on any atom is -0.461 e. The lowest BCUT2D eigenvalue weighted by Crippen LogP contribution is -2.44. The summed E-state index contributed by atoms with van der Waals surface area (Å²) in [5.41, 5.74) is 5.83. The minimum absolute atomic E-state index is 0.0778. The van der Waals surface area contributed by atoms with Crippen molar-refractivity contribution >= 4 is 5.97 Å². The molecule has 0 spiro atoms. The van der Waals surface area contributed by atoms with Crippen molar-refractivity contribution in [1.82, 2.24) is 0 Å². The first-order chi connectivity index (χ1) is 9.48. The van der Waals surface area contributed by atoms with Gasteiger partial charge in [-0.05, 0) is 32.3 Å². The Hall–Kier alpha value is -1.35. The summed E-state index contributed by atoms with van der Waals surface area (Å²) < 4.78 is 5.49. The molecular formula is C17H27NO2. The van der Waals surface area contributed by atoms with Crippen molar-refractivity contribution in [2.75, 3.05) is 0 Å². The van der Waals surface area contributed by atoms with Crippen molar-refractivity contribution in [2.45, 2.75) is 64.5 Å². The largest absolute Gasteiger partial charge is 0.461 e. The van der Waals surface area contributed by atoms with Crippen LogP contribution in [0.3, 0.4) is 0 Å². The molecule has 0 amide bonds. The number of esters is 1. The number of ether oxygens (including phenoxy) is 1. The van der Waals surface area contributed by atoms with Gasteiger partial charge in [0.15, 0.2) is 0 Å². The summed E-state index contributed by atoms with van der Waals surface area (Å²) in [6, 6.07) is 9.37. The Labute approximate surface area is 122 Å². The molecule has 0 saturated carbocycles. The second-order valence-corrected chi connectivity index (χ2v) is 5.63. The molecule has 112 valence electrons. The predicted octanol–water partition coefficient (Wildman–Crippen LogP) is 3.76. The van der Waals surface area contributed by atoms with E-state index >= 15 is 0 Å². The van der Waals surface area contributed by atoms with Crippen molar-refractivity contribution in [1.29, 1.82) is 0 Å². The van der Waals surface area contributed by atoms with Crippen LogP contribution in [0.2, 0.25) is 0 Å². The number of carbonyl (C=O) groups is 1. The molecule has 0 aliphatic carbocycles. The molecule has 2 N–H and O–H groups in total. The molecule has 3 nitrogen and oxygen atoms in total. The van der Waals surface area contributed by atoms with Crippen LogP contribution in [0.15, 0.2) is 30.3 Å². The molecule has 0 saturated heterocycles. The summed E-state index contributed by atoms with van der Waals surface area (Å²) in [6.07, 6.45) is 5.55. The Morgan fingerprint density at radius 1 is 1.25 bits per heavy atom. The fraction of sp³-hybridized carbons (Fsp3) is 0.588. The molecule has 3 heteroatoms. The molecule has 2 atom stereocenters. The molecule has 0 aromatic heterocycles.